The van der Waals surface area contributed by atoms with E-state index in [1.165, 1.54) is 13.1 Å². The second-order valence-electron chi connectivity index (χ2n) is 5.21. The number of nitro benzene ring substituents is 2. The van der Waals surface area contributed by atoms with E-state index in [-0.39, 0.29) is 27.6 Å². The van der Waals surface area contributed by atoms with Gasteiger partial charge in [-0.3, -0.25) is 20.2 Å². The van der Waals surface area contributed by atoms with E-state index < -0.39 is 34.8 Å². The predicted octanol–water partition coefficient (Wildman–Crippen LogP) is -0.0905. The average molecular weight is 448 g/mol. The Morgan fingerprint density at radius 1 is 0.828 bits per heavy atom. The van der Waals surface area contributed by atoms with E-state index in [1.54, 1.807) is 0 Å². The van der Waals surface area contributed by atoms with Crippen LogP contribution in [0.4, 0.5) is 22.7 Å². The summed E-state index contributed by atoms with van der Waals surface area (Å²) in [6.45, 7) is 0. The first-order valence-corrected chi connectivity index (χ1v) is 10.3. The SMILES string of the molecule is CNS(=O)(=O)c1cc([N+](=O)[O-])ccc1N.Nc1ccc([N+](=O)[O-])cc1S(N)(=O)=O. The number of primary sulfonamides is 1. The molecule has 2 aromatic carbocycles. The Kier molecular flexibility index (Phi) is 7.17. The maximum absolute atomic E-state index is 11.4. The molecule has 0 spiro atoms. The fourth-order valence-corrected chi connectivity index (χ4v) is 3.42. The highest BCUT2D eigenvalue weighted by Gasteiger charge is 2.19. The Labute approximate surface area is 164 Å². The van der Waals surface area contributed by atoms with Crippen molar-refractivity contribution in [2.24, 2.45) is 5.14 Å². The monoisotopic (exact) mass is 448 g/mol. The summed E-state index contributed by atoms with van der Waals surface area (Å²) >= 11 is 0. The van der Waals surface area contributed by atoms with Crippen molar-refractivity contribution < 1.29 is 26.7 Å². The Balaban J connectivity index is 0.000000291. The van der Waals surface area contributed by atoms with Gasteiger partial charge in [0.2, 0.25) is 20.0 Å². The fourth-order valence-electron chi connectivity index (χ4n) is 1.86. The smallest absolute Gasteiger partial charge is 0.270 e. The van der Waals surface area contributed by atoms with E-state index >= 15 is 0 Å². The third kappa shape index (κ3) is 6.07. The number of non-ortho nitro benzene ring substituents is 2. The number of nitrogen functional groups attached to an aromatic ring is 2. The number of hydrogen-bond acceptors (Lipinski definition) is 10. The fraction of sp³-hybridized carbons (Fsp3) is 0.0769. The second-order valence-corrected chi connectivity index (χ2v) is 8.60. The summed E-state index contributed by atoms with van der Waals surface area (Å²) in [5.41, 5.74) is 9.86. The number of benzene rings is 2. The van der Waals surface area contributed by atoms with Crippen LogP contribution in [0.3, 0.4) is 0 Å². The lowest BCUT2D eigenvalue weighted by molar-refractivity contribution is -0.385. The van der Waals surface area contributed by atoms with Crippen LogP contribution in [0.15, 0.2) is 46.2 Å². The van der Waals surface area contributed by atoms with Crippen molar-refractivity contribution in [1.29, 1.82) is 0 Å². The number of nitrogens with one attached hydrogen (secondary N) is 1. The zero-order valence-corrected chi connectivity index (χ0v) is 16.3. The molecule has 0 aromatic heterocycles. The van der Waals surface area contributed by atoms with Crippen molar-refractivity contribution in [3.63, 3.8) is 0 Å². The number of nitro groups is 2. The number of hydrogen-bond donors (Lipinski definition) is 4. The number of sulfonamides is 2. The van der Waals surface area contributed by atoms with Crippen LogP contribution in [-0.4, -0.2) is 33.7 Å². The molecule has 2 aromatic rings. The standard InChI is InChI=1S/C7H9N3O4S.C6H7N3O4S/c1-9-15(13,14)7-4-5(10(11)12)2-3-6(7)8;7-5-2-1-4(9(10)11)3-6(5)14(8,12)13/h2-4,9H,8H2,1H3;1-3H,7H2,(H2,8,12,13). The minimum atomic E-state index is -4.02. The summed E-state index contributed by atoms with van der Waals surface area (Å²) in [5, 5.41) is 25.5. The molecule has 0 heterocycles. The van der Waals surface area contributed by atoms with Gasteiger partial charge in [0.05, 0.1) is 21.2 Å². The van der Waals surface area contributed by atoms with Gasteiger partial charge >= 0.3 is 0 Å². The van der Waals surface area contributed by atoms with Gasteiger partial charge in [-0.05, 0) is 19.2 Å². The Morgan fingerprint density at radius 2 is 1.21 bits per heavy atom. The minimum Gasteiger partial charge on any atom is -0.398 e. The van der Waals surface area contributed by atoms with Crippen LogP contribution in [-0.2, 0) is 20.0 Å². The van der Waals surface area contributed by atoms with Gasteiger partial charge in [-0.1, -0.05) is 0 Å². The average Bonchev–Trinajstić information content (AvgIpc) is 2.61. The first kappa shape index (κ1) is 23.7. The number of nitrogens with two attached hydrogens (primary N) is 3. The van der Waals surface area contributed by atoms with Gasteiger partial charge in [0.1, 0.15) is 9.79 Å². The summed E-state index contributed by atoms with van der Waals surface area (Å²) in [6.07, 6.45) is 0. The lowest BCUT2D eigenvalue weighted by Crippen LogP contribution is -2.20. The van der Waals surface area contributed by atoms with Crippen LogP contribution in [0.2, 0.25) is 0 Å². The highest BCUT2D eigenvalue weighted by Crippen LogP contribution is 2.24. The predicted molar refractivity (Wildman–Crippen MR) is 103 cm³/mol. The van der Waals surface area contributed by atoms with Crippen molar-refractivity contribution in [1.82, 2.24) is 4.72 Å². The molecular formula is C13H16N6O8S2. The summed E-state index contributed by atoms with van der Waals surface area (Å²) in [4.78, 5) is 18.6. The molecule has 0 saturated carbocycles. The third-order valence-electron chi connectivity index (χ3n) is 3.28. The molecule has 7 N–H and O–H groups in total. The lowest BCUT2D eigenvalue weighted by atomic mass is 10.3. The molecule has 0 atom stereocenters. The topological polar surface area (TPSA) is 245 Å². The molecule has 0 aliphatic carbocycles. The summed E-state index contributed by atoms with van der Waals surface area (Å²) in [5.74, 6) is 0. The highest BCUT2D eigenvalue weighted by molar-refractivity contribution is 7.89. The van der Waals surface area contributed by atoms with Gasteiger partial charge in [0.15, 0.2) is 0 Å². The molecule has 2 rings (SSSR count). The molecule has 0 radical (unpaired) electrons. The van der Waals surface area contributed by atoms with Crippen LogP contribution >= 0.6 is 0 Å². The number of rotatable bonds is 5. The van der Waals surface area contributed by atoms with E-state index in [2.05, 4.69) is 0 Å². The Hall–Kier alpha value is -3.34. The first-order chi connectivity index (χ1) is 13.2. The molecule has 14 nitrogen and oxygen atoms in total. The van der Waals surface area contributed by atoms with E-state index in [0.717, 1.165) is 30.3 Å². The maximum atomic E-state index is 11.4. The molecule has 29 heavy (non-hydrogen) atoms. The third-order valence-corrected chi connectivity index (χ3v) is 5.72. The van der Waals surface area contributed by atoms with Crippen LogP contribution in [0, 0.1) is 20.2 Å². The van der Waals surface area contributed by atoms with Gasteiger partial charge in [0, 0.05) is 24.3 Å². The summed E-state index contributed by atoms with van der Waals surface area (Å²) < 4.78 is 46.6. The maximum Gasteiger partial charge on any atom is 0.270 e. The molecular weight excluding hydrogens is 432 g/mol. The molecule has 0 amide bonds. The van der Waals surface area contributed by atoms with E-state index in [4.69, 9.17) is 16.6 Å². The molecule has 0 fully saturated rings. The highest BCUT2D eigenvalue weighted by atomic mass is 32.2. The molecule has 0 unspecified atom stereocenters. The van der Waals surface area contributed by atoms with Crippen molar-refractivity contribution in [3.05, 3.63) is 56.6 Å². The molecule has 0 saturated heterocycles. The number of anilines is 2. The molecule has 0 aliphatic rings. The zero-order chi connectivity index (χ0) is 22.6. The Morgan fingerprint density at radius 3 is 1.55 bits per heavy atom. The second kappa shape index (κ2) is 8.78. The van der Waals surface area contributed by atoms with Crippen LogP contribution in [0.25, 0.3) is 0 Å². The quantitative estimate of drug-likeness (QED) is 0.269. The minimum absolute atomic E-state index is 0.0325. The van der Waals surface area contributed by atoms with Gasteiger partial charge in [-0.25, -0.2) is 26.7 Å². The largest absolute Gasteiger partial charge is 0.398 e. The molecule has 158 valence electrons. The van der Waals surface area contributed by atoms with E-state index in [1.807, 2.05) is 4.72 Å². The summed E-state index contributed by atoms with van der Waals surface area (Å²) in [7, 11) is -6.58. The van der Waals surface area contributed by atoms with Crippen molar-refractivity contribution in [2.75, 3.05) is 18.5 Å². The normalized spacial score (nSPS) is 11.2. The van der Waals surface area contributed by atoms with Gasteiger partial charge in [-0.15, -0.1) is 0 Å². The van der Waals surface area contributed by atoms with Gasteiger partial charge < -0.3 is 11.5 Å². The molecule has 16 heteroatoms. The van der Waals surface area contributed by atoms with E-state index in [9.17, 15) is 37.1 Å². The van der Waals surface area contributed by atoms with Gasteiger partial charge in [-0.2, -0.15) is 0 Å². The van der Waals surface area contributed by atoms with Crippen molar-refractivity contribution >= 4 is 42.8 Å². The Bertz CT molecular complexity index is 1160. The summed E-state index contributed by atoms with van der Waals surface area (Å²) in [6, 6.07) is 6.29. The lowest BCUT2D eigenvalue weighted by Gasteiger charge is -2.05. The van der Waals surface area contributed by atoms with Crippen molar-refractivity contribution in [2.45, 2.75) is 9.79 Å². The first-order valence-electron chi connectivity index (χ1n) is 7.25. The van der Waals surface area contributed by atoms with Crippen LogP contribution in [0.1, 0.15) is 0 Å². The zero-order valence-electron chi connectivity index (χ0n) is 14.7. The van der Waals surface area contributed by atoms with E-state index in [0.29, 0.717) is 0 Å². The van der Waals surface area contributed by atoms with Crippen molar-refractivity contribution in [3.8, 4) is 0 Å². The molecule has 0 aliphatic heterocycles. The van der Waals surface area contributed by atoms with Gasteiger partial charge in [0.25, 0.3) is 11.4 Å². The molecule has 0 bridgehead atoms. The van der Waals surface area contributed by atoms with Crippen LogP contribution < -0.4 is 21.3 Å². The van der Waals surface area contributed by atoms with Crippen LogP contribution in [0.5, 0.6) is 0 Å². The number of nitrogens with zero attached hydrogens (tertiary/aromatic N) is 2.